The van der Waals surface area contributed by atoms with Crippen LogP contribution in [0.3, 0.4) is 0 Å². The summed E-state index contributed by atoms with van der Waals surface area (Å²) in [5.74, 6) is -0.191. The first-order chi connectivity index (χ1) is 11.2. The Hall–Kier alpha value is -3.00. The predicted octanol–water partition coefficient (Wildman–Crippen LogP) is 2.87. The molecule has 5 nitrogen and oxygen atoms in total. The van der Waals surface area contributed by atoms with Crippen LogP contribution in [0.2, 0.25) is 0 Å². The van der Waals surface area contributed by atoms with Gasteiger partial charge in [0, 0.05) is 12.6 Å². The first-order valence-corrected chi connectivity index (χ1v) is 7.52. The molecule has 0 fully saturated rings. The number of nitriles is 1. The van der Waals surface area contributed by atoms with Gasteiger partial charge in [-0.25, -0.2) is 4.98 Å². The van der Waals surface area contributed by atoms with E-state index in [4.69, 9.17) is 0 Å². The summed E-state index contributed by atoms with van der Waals surface area (Å²) >= 11 is 0. The van der Waals surface area contributed by atoms with E-state index < -0.39 is 5.92 Å². The van der Waals surface area contributed by atoms with Gasteiger partial charge in [0.2, 0.25) is 0 Å². The summed E-state index contributed by atoms with van der Waals surface area (Å²) in [5, 5.41) is 9.38. The molecule has 0 radical (unpaired) electrons. The Bertz CT molecular complexity index is 877. The lowest BCUT2D eigenvalue weighted by Gasteiger charge is -2.11. The number of Topliss-reactive ketones (excluding diaryl/α,β-unsaturated/α-hetero) is 1. The second kappa shape index (κ2) is 6.41. The predicted molar refractivity (Wildman–Crippen MR) is 86.7 cm³/mol. The molecule has 0 bridgehead atoms. The molecule has 3 aromatic rings. The first kappa shape index (κ1) is 14.9. The van der Waals surface area contributed by atoms with Crippen LogP contribution in [0.15, 0.2) is 48.7 Å². The number of fused-ring (bicyclic) bond motifs is 1. The molecule has 3 rings (SSSR count). The molecule has 0 spiro atoms. The van der Waals surface area contributed by atoms with Crippen molar-refractivity contribution in [3.05, 3.63) is 60.2 Å². The number of para-hydroxylation sites is 2. The van der Waals surface area contributed by atoms with Crippen molar-refractivity contribution in [3.63, 3.8) is 0 Å². The topological polar surface area (TPSA) is 71.6 Å². The van der Waals surface area contributed by atoms with Crippen LogP contribution in [0, 0.1) is 11.3 Å². The van der Waals surface area contributed by atoms with Crippen LogP contribution in [-0.2, 0) is 17.8 Å². The van der Waals surface area contributed by atoms with E-state index in [0.717, 1.165) is 23.3 Å². The van der Waals surface area contributed by atoms with E-state index in [9.17, 15) is 10.1 Å². The number of imidazole rings is 1. The second-order valence-electron chi connectivity index (χ2n) is 5.24. The van der Waals surface area contributed by atoms with Crippen LogP contribution in [0.25, 0.3) is 11.0 Å². The van der Waals surface area contributed by atoms with Crippen molar-refractivity contribution in [1.82, 2.24) is 14.5 Å². The molecule has 0 aliphatic rings. The quantitative estimate of drug-likeness (QED) is 0.726. The average molecular weight is 304 g/mol. The summed E-state index contributed by atoms with van der Waals surface area (Å²) in [6.07, 6.45) is 2.32. The van der Waals surface area contributed by atoms with Gasteiger partial charge in [-0.2, -0.15) is 5.26 Å². The fraction of sp³-hybridized carbons (Fsp3) is 0.222. The van der Waals surface area contributed by atoms with Gasteiger partial charge in [-0.3, -0.25) is 9.78 Å². The number of benzene rings is 1. The van der Waals surface area contributed by atoms with Crippen LogP contribution in [-0.4, -0.2) is 20.3 Å². The van der Waals surface area contributed by atoms with Crippen molar-refractivity contribution < 1.29 is 4.79 Å². The maximum Gasteiger partial charge on any atom is 0.175 e. The molecular formula is C18H16N4O. The number of nitrogens with zero attached hydrogens (tertiary/aromatic N) is 4. The van der Waals surface area contributed by atoms with Crippen LogP contribution in [0.5, 0.6) is 0 Å². The number of carbonyl (C=O) groups is 1. The number of hydrogen-bond donors (Lipinski definition) is 0. The fourth-order valence-electron chi connectivity index (χ4n) is 2.67. The molecule has 1 aromatic carbocycles. The third kappa shape index (κ3) is 2.84. The summed E-state index contributed by atoms with van der Waals surface area (Å²) in [6.45, 7) is 2.13. The maximum absolute atomic E-state index is 12.6. The number of carbonyl (C=O) groups excluding carboxylic acids is 1. The number of pyridine rings is 1. The Morgan fingerprint density at radius 2 is 2.04 bits per heavy atom. The van der Waals surface area contributed by atoms with Crippen LogP contribution in [0.1, 0.15) is 24.4 Å². The highest BCUT2D eigenvalue weighted by atomic mass is 16.1. The number of hydrogen-bond acceptors (Lipinski definition) is 4. The Morgan fingerprint density at radius 3 is 2.74 bits per heavy atom. The maximum atomic E-state index is 12.6. The molecule has 2 aromatic heterocycles. The van der Waals surface area contributed by atoms with Crippen LogP contribution in [0.4, 0.5) is 0 Å². The van der Waals surface area contributed by atoms with E-state index in [2.05, 4.69) is 16.0 Å². The van der Waals surface area contributed by atoms with Crippen molar-refractivity contribution in [1.29, 1.82) is 5.26 Å². The van der Waals surface area contributed by atoms with Gasteiger partial charge in [0.15, 0.2) is 5.78 Å². The number of aryl methyl sites for hydroxylation is 1. The molecule has 0 aliphatic carbocycles. The zero-order valence-corrected chi connectivity index (χ0v) is 12.8. The smallest absolute Gasteiger partial charge is 0.175 e. The minimum absolute atomic E-state index is 0.123. The van der Waals surface area contributed by atoms with E-state index in [1.807, 2.05) is 35.8 Å². The molecule has 0 amide bonds. The van der Waals surface area contributed by atoms with Gasteiger partial charge < -0.3 is 4.57 Å². The van der Waals surface area contributed by atoms with Crippen LogP contribution < -0.4 is 0 Å². The zero-order valence-electron chi connectivity index (χ0n) is 12.8. The Balaban J connectivity index is 1.95. The monoisotopic (exact) mass is 304 g/mol. The SMILES string of the molecule is CCc1nc2ccccc2n1CC(=O)[C@H](C#N)c1ccccn1. The number of aromatic nitrogens is 3. The minimum atomic E-state index is -0.859. The van der Waals surface area contributed by atoms with Crippen molar-refractivity contribution >= 4 is 16.8 Å². The highest BCUT2D eigenvalue weighted by Gasteiger charge is 2.23. The molecule has 0 saturated heterocycles. The largest absolute Gasteiger partial charge is 0.320 e. The van der Waals surface area contributed by atoms with Gasteiger partial charge in [-0.05, 0) is 24.3 Å². The molecule has 0 saturated carbocycles. The molecular weight excluding hydrogens is 288 g/mol. The van der Waals surface area contributed by atoms with Gasteiger partial charge in [0.05, 0.1) is 29.3 Å². The lowest BCUT2D eigenvalue weighted by molar-refractivity contribution is -0.119. The van der Waals surface area contributed by atoms with Gasteiger partial charge in [-0.1, -0.05) is 25.1 Å². The summed E-state index contributed by atoms with van der Waals surface area (Å²) < 4.78 is 1.89. The highest BCUT2D eigenvalue weighted by molar-refractivity contribution is 5.89. The first-order valence-electron chi connectivity index (χ1n) is 7.52. The van der Waals surface area contributed by atoms with E-state index >= 15 is 0 Å². The minimum Gasteiger partial charge on any atom is -0.320 e. The van der Waals surface area contributed by atoms with E-state index in [0.29, 0.717) is 5.69 Å². The van der Waals surface area contributed by atoms with E-state index in [1.165, 1.54) is 0 Å². The van der Waals surface area contributed by atoms with Gasteiger partial charge in [-0.15, -0.1) is 0 Å². The summed E-state index contributed by atoms with van der Waals surface area (Å²) in [4.78, 5) is 21.3. The molecule has 114 valence electrons. The molecule has 23 heavy (non-hydrogen) atoms. The van der Waals surface area contributed by atoms with E-state index in [1.54, 1.807) is 24.4 Å². The van der Waals surface area contributed by atoms with Gasteiger partial charge >= 0.3 is 0 Å². The summed E-state index contributed by atoms with van der Waals surface area (Å²) in [7, 11) is 0. The molecule has 0 N–H and O–H groups in total. The van der Waals surface area contributed by atoms with Crippen molar-refractivity contribution in [3.8, 4) is 6.07 Å². The van der Waals surface area contributed by atoms with E-state index in [-0.39, 0.29) is 12.3 Å². The summed E-state index contributed by atoms with van der Waals surface area (Å²) in [6, 6.07) is 15.0. The molecule has 0 aliphatic heterocycles. The standard InChI is InChI=1S/C18H16N4O/c1-2-18-21-15-8-3-4-9-16(15)22(18)12-17(23)13(11-19)14-7-5-6-10-20-14/h3-10,13H,2,12H2,1H3/t13-/m1/s1. The third-order valence-corrected chi connectivity index (χ3v) is 3.80. The Labute approximate surface area is 134 Å². The molecule has 1 atom stereocenters. The second-order valence-corrected chi connectivity index (χ2v) is 5.24. The third-order valence-electron chi connectivity index (χ3n) is 3.80. The highest BCUT2D eigenvalue weighted by Crippen LogP contribution is 2.19. The van der Waals surface area contributed by atoms with Gasteiger partial charge in [0.25, 0.3) is 0 Å². The summed E-state index contributed by atoms with van der Waals surface area (Å²) in [5.41, 5.74) is 2.27. The average Bonchev–Trinajstić information content (AvgIpc) is 2.94. The lowest BCUT2D eigenvalue weighted by atomic mass is 10.0. The zero-order chi connectivity index (χ0) is 16.2. The van der Waals surface area contributed by atoms with Crippen molar-refractivity contribution in [2.45, 2.75) is 25.8 Å². The fourth-order valence-corrected chi connectivity index (χ4v) is 2.67. The van der Waals surface area contributed by atoms with Gasteiger partial charge in [0.1, 0.15) is 11.7 Å². The Morgan fingerprint density at radius 1 is 1.26 bits per heavy atom. The number of ketones is 1. The molecule has 5 heteroatoms. The molecule has 2 heterocycles. The Kier molecular flexibility index (Phi) is 4.15. The normalized spacial score (nSPS) is 12.0. The molecule has 0 unspecified atom stereocenters. The van der Waals surface area contributed by atoms with Crippen molar-refractivity contribution in [2.24, 2.45) is 0 Å². The van der Waals surface area contributed by atoms with Crippen LogP contribution >= 0.6 is 0 Å². The lowest BCUT2D eigenvalue weighted by Crippen LogP contribution is -2.19. The number of rotatable bonds is 5. The van der Waals surface area contributed by atoms with Crippen molar-refractivity contribution in [2.75, 3.05) is 0 Å².